The van der Waals surface area contributed by atoms with Gasteiger partial charge in [0.15, 0.2) is 0 Å². The van der Waals surface area contributed by atoms with Crippen LogP contribution in [-0.4, -0.2) is 36.6 Å². The average Bonchev–Trinajstić information content (AvgIpc) is 2.91. The number of rotatable bonds is 4. The Kier molecular flexibility index (Phi) is 4.30. The Balaban J connectivity index is 2.02. The molecule has 1 saturated heterocycles. The topological polar surface area (TPSA) is 56.4 Å². The number of fused-ring (bicyclic) bond motifs is 1. The smallest absolute Gasteiger partial charge is 0.138 e. The Morgan fingerprint density at radius 2 is 2.14 bits per heavy atom. The second-order valence-electron chi connectivity index (χ2n) is 6.15. The van der Waals surface area contributed by atoms with Gasteiger partial charge in [-0.1, -0.05) is 6.07 Å². The maximum Gasteiger partial charge on any atom is 0.138 e. The molecule has 1 fully saturated rings. The van der Waals surface area contributed by atoms with Crippen molar-refractivity contribution in [3.05, 3.63) is 29.6 Å². The third-order valence-electron chi connectivity index (χ3n) is 4.39. The highest BCUT2D eigenvalue weighted by Crippen LogP contribution is 2.28. The third-order valence-corrected chi connectivity index (χ3v) is 4.39. The maximum absolute atomic E-state index is 8.84. The molecule has 2 aromatic rings. The molecule has 0 amide bonds. The van der Waals surface area contributed by atoms with Gasteiger partial charge in [0.1, 0.15) is 11.5 Å². The Labute approximate surface area is 131 Å². The van der Waals surface area contributed by atoms with E-state index in [1.165, 1.54) is 18.4 Å². The maximum atomic E-state index is 8.84. The molecule has 116 valence electrons. The zero-order valence-corrected chi connectivity index (χ0v) is 13.3. The molecule has 22 heavy (non-hydrogen) atoms. The highest BCUT2D eigenvalue weighted by atomic mass is 15.2. The van der Waals surface area contributed by atoms with Crippen molar-refractivity contribution in [3.63, 3.8) is 0 Å². The summed E-state index contributed by atoms with van der Waals surface area (Å²) in [6.07, 6.45) is 5.83. The predicted octanol–water partition coefficient (Wildman–Crippen LogP) is 2.32. The van der Waals surface area contributed by atoms with E-state index in [0.29, 0.717) is 18.8 Å². The molecule has 0 bridgehead atoms. The van der Waals surface area contributed by atoms with Gasteiger partial charge in [-0.2, -0.15) is 5.26 Å². The zero-order valence-electron chi connectivity index (χ0n) is 13.3. The molecular formula is C17H23N5. The average molecular weight is 297 g/mol. The van der Waals surface area contributed by atoms with E-state index in [4.69, 9.17) is 10.2 Å². The SMILES string of the molecule is CN(C)c1c(CCC#N)nc2ccc(C3CCNCC3)cn12. The summed E-state index contributed by atoms with van der Waals surface area (Å²) in [5.41, 5.74) is 3.37. The van der Waals surface area contributed by atoms with Crippen LogP contribution in [-0.2, 0) is 6.42 Å². The van der Waals surface area contributed by atoms with Gasteiger partial charge in [0.05, 0.1) is 11.8 Å². The van der Waals surface area contributed by atoms with Gasteiger partial charge in [-0.25, -0.2) is 4.98 Å². The van der Waals surface area contributed by atoms with Gasteiger partial charge in [-0.05, 0) is 43.5 Å². The molecule has 1 aliphatic rings. The number of nitriles is 1. The van der Waals surface area contributed by atoms with Crippen molar-refractivity contribution in [3.8, 4) is 6.07 Å². The molecule has 2 aromatic heterocycles. The first-order valence-electron chi connectivity index (χ1n) is 7.96. The number of aryl methyl sites for hydroxylation is 1. The van der Waals surface area contributed by atoms with E-state index in [9.17, 15) is 0 Å². The lowest BCUT2D eigenvalue weighted by Gasteiger charge is -2.23. The van der Waals surface area contributed by atoms with Crippen molar-refractivity contribution >= 4 is 11.5 Å². The molecule has 3 rings (SSSR count). The lowest BCUT2D eigenvalue weighted by molar-refractivity contribution is 0.459. The van der Waals surface area contributed by atoms with Gasteiger partial charge in [0, 0.05) is 33.1 Å². The van der Waals surface area contributed by atoms with Gasteiger partial charge >= 0.3 is 0 Å². The van der Waals surface area contributed by atoms with Crippen molar-refractivity contribution < 1.29 is 0 Å². The minimum absolute atomic E-state index is 0.506. The molecule has 3 heterocycles. The number of hydrogen-bond acceptors (Lipinski definition) is 4. The number of imidazole rings is 1. The Morgan fingerprint density at radius 3 is 2.82 bits per heavy atom. The summed E-state index contributed by atoms with van der Waals surface area (Å²) in [7, 11) is 4.08. The number of piperidine rings is 1. The minimum atomic E-state index is 0.506. The van der Waals surface area contributed by atoms with Crippen LogP contribution in [0.25, 0.3) is 5.65 Å². The molecule has 5 heteroatoms. The number of nitrogens with zero attached hydrogens (tertiary/aromatic N) is 4. The summed E-state index contributed by atoms with van der Waals surface area (Å²) < 4.78 is 2.18. The normalized spacial score (nSPS) is 15.9. The number of pyridine rings is 1. The standard InChI is InChI=1S/C17H23N5/c1-21(2)17-15(4-3-9-18)20-16-6-5-14(12-22(16)17)13-7-10-19-11-8-13/h5-6,12-13,19H,3-4,7-8,10-11H2,1-2H3. The lowest BCUT2D eigenvalue weighted by atomic mass is 9.91. The summed E-state index contributed by atoms with van der Waals surface area (Å²) in [6, 6.07) is 6.54. The largest absolute Gasteiger partial charge is 0.362 e. The van der Waals surface area contributed by atoms with E-state index in [0.717, 1.165) is 30.2 Å². The fourth-order valence-corrected chi connectivity index (χ4v) is 3.31. The van der Waals surface area contributed by atoms with E-state index < -0.39 is 0 Å². The number of anilines is 1. The minimum Gasteiger partial charge on any atom is -0.362 e. The predicted molar refractivity (Wildman–Crippen MR) is 88.3 cm³/mol. The van der Waals surface area contributed by atoms with Crippen molar-refractivity contribution in [1.29, 1.82) is 5.26 Å². The van der Waals surface area contributed by atoms with E-state index >= 15 is 0 Å². The van der Waals surface area contributed by atoms with Crippen LogP contribution in [0.3, 0.4) is 0 Å². The summed E-state index contributed by atoms with van der Waals surface area (Å²) >= 11 is 0. The summed E-state index contributed by atoms with van der Waals surface area (Å²) in [6.45, 7) is 2.20. The Hall–Kier alpha value is -2.06. The second kappa shape index (κ2) is 6.37. The monoisotopic (exact) mass is 297 g/mol. The molecular weight excluding hydrogens is 274 g/mol. The number of nitrogens with one attached hydrogen (secondary N) is 1. The van der Waals surface area contributed by atoms with Gasteiger partial charge in [0.25, 0.3) is 0 Å². The molecule has 0 saturated carbocycles. The lowest BCUT2D eigenvalue weighted by Crippen LogP contribution is -2.26. The summed E-state index contributed by atoms with van der Waals surface area (Å²) in [5.74, 6) is 1.73. The highest BCUT2D eigenvalue weighted by molar-refractivity contribution is 5.57. The van der Waals surface area contributed by atoms with Crippen LogP contribution < -0.4 is 10.2 Å². The molecule has 1 N–H and O–H groups in total. The molecule has 0 unspecified atom stereocenters. The summed E-state index contributed by atoms with van der Waals surface area (Å²) in [4.78, 5) is 6.81. The first-order valence-corrected chi connectivity index (χ1v) is 7.96. The van der Waals surface area contributed by atoms with Crippen LogP contribution >= 0.6 is 0 Å². The van der Waals surface area contributed by atoms with Crippen LogP contribution in [0.5, 0.6) is 0 Å². The fraction of sp³-hybridized carbons (Fsp3) is 0.529. The third kappa shape index (κ3) is 2.79. The molecule has 0 atom stereocenters. The first-order chi connectivity index (χ1) is 10.7. The Bertz CT molecular complexity index is 689. The van der Waals surface area contributed by atoms with E-state index in [1.807, 2.05) is 14.1 Å². The highest BCUT2D eigenvalue weighted by Gasteiger charge is 2.18. The van der Waals surface area contributed by atoms with Gasteiger partial charge < -0.3 is 10.2 Å². The molecule has 0 aromatic carbocycles. The van der Waals surface area contributed by atoms with Crippen molar-refractivity contribution in [1.82, 2.24) is 14.7 Å². The van der Waals surface area contributed by atoms with Crippen LogP contribution in [0.4, 0.5) is 5.82 Å². The van der Waals surface area contributed by atoms with E-state index in [-0.39, 0.29) is 0 Å². The zero-order chi connectivity index (χ0) is 15.5. The Morgan fingerprint density at radius 1 is 1.36 bits per heavy atom. The molecule has 1 aliphatic heterocycles. The fourth-order valence-electron chi connectivity index (χ4n) is 3.31. The molecule has 0 aliphatic carbocycles. The quantitative estimate of drug-likeness (QED) is 0.941. The number of aromatic nitrogens is 2. The van der Waals surface area contributed by atoms with E-state index in [1.54, 1.807) is 0 Å². The van der Waals surface area contributed by atoms with Crippen molar-refractivity contribution in [2.24, 2.45) is 0 Å². The molecule has 0 spiro atoms. The van der Waals surface area contributed by atoms with Crippen LogP contribution in [0, 0.1) is 11.3 Å². The van der Waals surface area contributed by atoms with Gasteiger partial charge in [-0.15, -0.1) is 0 Å². The van der Waals surface area contributed by atoms with Gasteiger partial charge in [0.2, 0.25) is 0 Å². The second-order valence-corrected chi connectivity index (χ2v) is 6.15. The summed E-state index contributed by atoms with van der Waals surface area (Å²) in [5, 5.41) is 12.3. The van der Waals surface area contributed by atoms with Crippen molar-refractivity contribution in [2.45, 2.75) is 31.6 Å². The van der Waals surface area contributed by atoms with Crippen LogP contribution in [0.15, 0.2) is 18.3 Å². The number of hydrogen-bond donors (Lipinski definition) is 1. The van der Waals surface area contributed by atoms with Crippen molar-refractivity contribution in [2.75, 3.05) is 32.1 Å². The first kappa shape index (κ1) is 14.9. The molecule has 5 nitrogen and oxygen atoms in total. The van der Waals surface area contributed by atoms with Crippen LogP contribution in [0.1, 0.15) is 36.4 Å². The molecule has 0 radical (unpaired) electrons. The van der Waals surface area contributed by atoms with Gasteiger partial charge in [-0.3, -0.25) is 4.40 Å². The van der Waals surface area contributed by atoms with E-state index in [2.05, 4.69) is 39.0 Å². The van der Waals surface area contributed by atoms with Crippen LogP contribution in [0.2, 0.25) is 0 Å².